The predicted octanol–water partition coefficient (Wildman–Crippen LogP) is 4.20. The summed E-state index contributed by atoms with van der Waals surface area (Å²) in [6.45, 7) is 13.8. The van der Waals surface area contributed by atoms with E-state index in [1.54, 1.807) is 0 Å². The van der Waals surface area contributed by atoms with Gasteiger partial charge in [-0.15, -0.1) is 0 Å². The molecule has 1 radical (unpaired) electrons. The number of ether oxygens (including phenoxy) is 1. The molecule has 0 bridgehead atoms. The van der Waals surface area contributed by atoms with Gasteiger partial charge in [-0.25, -0.2) is 15.3 Å². The Balaban J connectivity index is 1.84. The summed E-state index contributed by atoms with van der Waals surface area (Å²) in [6.07, 6.45) is 6.10. The van der Waals surface area contributed by atoms with Gasteiger partial charge >= 0.3 is 0 Å². The third-order valence-electron chi connectivity index (χ3n) is 6.03. The summed E-state index contributed by atoms with van der Waals surface area (Å²) in [5.74, 6) is 0. The lowest BCUT2D eigenvalue weighted by Crippen LogP contribution is -2.74. The van der Waals surface area contributed by atoms with E-state index < -0.39 is 0 Å². The number of nitrogens with zero attached hydrogens (tertiary/aromatic N) is 3. The average Bonchev–Trinajstić information content (AvgIpc) is 2.65. The Morgan fingerprint density at radius 3 is 2.46 bits per heavy atom. The SMILES string of the molecule is CCCCN(CCCC)N1CCC12[N]CCOC2c1ccc(C)c(C)c1. The van der Waals surface area contributed by atoms with Gasteiger partial charge in [0.1, 0.15) is 11.8 Å². The molecule has 2 aliphatic rings. The largest absolute Gasteiger partial charge is 0.369 e. The average molecular weight is 359 g/mol. The van der Waals surface area contributed by atoms with Crippen molar-refractivity contribution < 1.29 is 4.74 Å². The Bertz CT molecular complexity index is 583. The van der Waals surface area contributed by atoms with Crippen molar-refractivity contribution in [2.45, 2.75) is 71.6 Å². The molecule has 2 heterocycles. The summed E-state index contributed by atoms with van der Waals surface area (Å²) >= 11 is 0. The van der Waals surface area contributed by atoms with Gasteiger partial charge in [0.15, 0.2) is 0 Å². The molecular weight excluding hydrogens is 322 g/mol. The molecule has 0 aliphatic carbocycles. The highest BCUT2D eigenvalue weighted by Gasteiger charge is 2.56. The molecule has 2 saturated heterocycles. The maximum Gasteiger partial charge on any atom is 0.132 e. The van der Waals surface area contributed by atoms with E-state index in [0.717, 1.165) is 39.2 Å². The number of hydrogen-bond donors (Lipinski definition) is 0. The molecule has 3 rings (SSSR count). The Morgan fingerprint density at radius 1 is 1.15 bits per heavy atom. The molecule has 0 N–H and O–H groups in total. The van der Waals surface area contributed by atoms with Crippen LogP contribution in [0.3, 0.4) is 0 Å². The normalized spacial score (nSPS) is 26.4. The summed E-state index contributed by atoms with van der Waals surface area (Å²) in [7, 11) is 0. The molecular formula is C22H36N3O. The Kier molecular flexibility index (Phi) is 6.73. The fourth-order valence-corrected chi connectivity index (χ4v) is 4.21. The van der Waals surface area contributed by atoms with Gasteiger partial charge in [0.2, 0.25) is 0 Å². The lowest BCUT2D eigenvalue weighted by Gasteiger charge is -2.60. The minimum absolute atomic E-state index is 0.0510. The molecule has 145 valence electrons. The maximum absolute atomic E-state index is 6.34. The number of aryl methyl sites for hydroxylation is 2. The molecule has 26 heavy (non-hydrogen) atoms. The van der Waals surface area contributed by atoms with Gasteiger partial charge in [0, 0.05) is 26.2 Å². The lowest BCUT2D eigenvalue weighted by molar-refractivity contribution is -0.259. The minimum Gasteiger partial charge on any atom is -0.369 e. The quantitative estimate of drug-likeness (QED) is 0.698. The van der Waals surface area contributed by atoms with Crippen LogP contribution in [0.15, 0.2) is 18.2 Å². The topological polar surface area (TPSA) is 29.8 Å². The van der Waals surface area contributed by atoms with E-state index in [-0.39, 0.29) is 11.8 Å². The lowest BCUT2D eigenvalue weighted by atomic mass is 9.84. The highest BCUT2D eigenvalue weighted by molar-refractivity contribution is 5.33. The third kappa shape index (κ3) is 3.84. The number of rotatable bonds is 8. The molecule has 4 nitrogen and oxygen atoms in total. The van der Waals surface area contributed by atoms with Crippen LogP contribution in [0.2, 0.25) is 0 Å². The molecule has 2 unspecified atom stereocenters. The Morgan fingerprint density at radius 2 is 1.88 bits per heavy atom. The first-order chi connectivity index (χ1) is 12.6. The molecule has 0 saturated carbocycles. The number of hydrogen-bond acceptors (Lipinski definition) is 3. The minimum atomic E-state index is -0.193. The van der Waals surface area contributed by atoms with Crippen LogP contribution in [0.4, 0.5) is 0 Å². The molecule has 1 aromatic carbocycles. The van der Waals surface area contributed by atoms with Crippen molar-refractivity contribution in [3.05, 3.63) is 34.9 Å². The monoisotopic (exact) mass is 358 g/mol. The van der Waals surface area contributed by atoms with Crippen LogP contribution in [-0.2, 0) is 4.74 Å². The van der Waals surface area contributed by atoms with E-state index in [1.807, 2.05) is 0 Å². The van der Waals surface area contributed by atoms with Crippen molar-refractivity contribution in [3.8, 4) is 0 Å². The van der Waals surface area contributed by atoms with Gasteiger partial charge < -0.3 is 4.74 Å². The zero-order valence-corrected chi connectivity index (χ0v) is 17.1. The van der Waals surface area contributed by atoms with E-state index in [0.29, 0.717) is 0 Å². The van der Waals surface area contributed by atoms with Crippen molar-refractivity contribution in [2.75, 3.05) is 32.8 Å². The molecule has 0 amide bonds. The van der Waals surface area contributed by atoms with Crippen LogP contribution >= 0.6 is 0 Å². The van der Waals surface area contributed by atoms with Gasteiger partial charge in [-0.2, -0.15) is 0 Å². The second-order valence-corrected chi connectivity index (χ2v) is 7.89. The predicted molar refractivity (Wildman–Crippen MR) is 107 cm³/mol. The van der Waals surface area contributed by atoms with Crippen molar-refractivity contribution in [2.24, 2.45) is 0 Å². The molecule has 1 spiro atoms. The van der Waals surface area contributed by atoms with E-state index in [2.05, 4.69) is 55.9 Å². The van der Waals surface area contributed by atoms with Gasteiger partial charge in [-0.3, -0.25) is 0 Å². The van der Waals surface area contributed by atoms with Crippen LogP contribution in [0, 0.1) is 13.8 Å². The summed E-state index contributed by atoms with van der Waals surface area (Å²) < 4.78 is 6.34. The van der Waals surface area contributed by atoms with Crippen LogP contribution in [0.5, 0.6) is 0 Å². The summed E-state index contributed by atoms with van der Waals surface area (Å²) in [5.41, 5.74) is 3.77. The Labute approximate surface area is 159 Å². The van der Waals surface area contributed by atoms with Crippen molar-refractivity contribution >= 4 is 0 Å². The standard InChI is InChI=1S/C22H36N3O/c1-5-7-13-24(14-8-6-2)25-15-11-22(25)21(26-16-12-23-22)20-10-9-18(3)19(4)17-20/h9-10,17,21H,5-8,11-16H2,1-4H3. The smallest absolute Gasteiger partial charge is 0.132 e. The van der Waals surface area contributed by atoms with Gasteiger partial charge in [0.25, 0.3) is 0 Å². The molecule has 2 fully saturated rings. The van der Waals surface area contributed by atoms with E-state index in [4.69, 9.17) is 10.1 Å². The fraction of sp³-hybridized carbons (Fsp3) is 0.727. The van der Waals surface area contributed by atoms with Crippen molar-refractivity contribution in [1.29, 1.82) is 0 Å². The zero-order valence-electron chi connectivity index (χ0n) is 17.1. The third-order valence-corrected chi connectivity index (χ3v) is 6.03. The molecule has 4 heteroatoms. The summed E-state index contributed by atoms with van der Waals surface area (Å²) in [5, 5.41) is 10.3. The van der Waals surface area contributed by atoms with Crippen LogP contribution in [0.1, 0.15) is 68.7 Å². The van der Waals surface area contributed by atoms with E-state index in [1.165, 1.54) is 42.4 Å². The van der Waals surface area contributed by atoms with E-state index >= 15 is 0 Å². The summed E-state index contributed by atoms with van der Waals surface area (Å²) in [6, 6.07) is 6.78. The number of unbranched alkanes of at least 4 members (excludes halogenated alkanes) is 2. The first-order valence-corrected chi connectivity index (χ1v) is 10.5. The number of hydrazine groups is 1. The molecule has 0 aromatic heterocycles. The highest BCUT2D eigenvalue weighted by Crippen LogP contribution is 2.45. The van der Waals surface area contributed by atoms with Gasteiger partial charge in [0.05, 0.1) is 6.61 Å². The van der Waals surface area contributed by atoms with Crippen LogP contribution in [0.25, 0.3) is 0 Å². The second-order valence-electron chi connectivity index (χ2n) is 7.89. The van der Waals surface area contributed by atoms with Crippen LogP contribution < -0.4 is 5.32 Å². The maximum atomic E-state index is 6.34. The van der Waals surface area contributed by atoms with Gasteiger partial charge in [-0.1, -0.05) is 44.9 Å². The van der Waals surface area contributed by atoms with E-state index in [9.17, 15) is 0 Å². The first kappa shape index (κ1) is 19.8. The van der Waals surface area contributed by atoms with Crippen molar-refractivity contribution in [3.63, 3.8) is 0 Å². The van der Waals surface area contributed by atoms with Gasteiger partial charge in [-0.05, 0) is 49.8 Å². The van der Waals surface area contributed by atoms with Crippen LogP contribution in [-0.4, -0.2) is 48.5 Å². The second kappa shape index (κ2) is 8.83. The zero-order chi connectivity index (χ0) is 18.6. The Hall–Kier alpha value is -0.940. The highest BCUT2D eigenvalue weighted by atomic mass is 16.5. The molecule has 2 aliphatic heterocycles. The number of morpholine rings is 1. The molecule has 1 aromatic rings. The summed E-state index contributed by atoms with van der Waals surface area (Å²) in [4.78, 5) is 0. The first-order valence-electron chi connectivity index (χ1n) is 10.5. The fourth-order valence-electron chi connectivity index (χ4n) is 4.21. The molecule has 2 atom stereocenters. The number of benzene rings is 1. The van der Waals surface area contributed by atoms with Crippen molar-refractivity contribution in [1.82, 2.24) is 15.3 Å².